The lowest BCUT2D eigenvalue weighted by molar-refractivity contribution is -0.139. The number of nitrogens with one attached hydrogen (secondary N) is 2. The standard InChI is InChI=1S/C25H28ClN5O5/c1-14(2)36-21-9-8-18(10-15(21)3)28-23-29-24(34)31(19-11-20(22(32)33)27-12-19)25(35)30(23)13-16-4-6-17(26)7-5-16/h4-10,14,19-20,27H,11-13H2,1-3H3,(H,32,33)(H,28,29,34)/t19-,20-/m0/s1. The van der Waals surface area contributed by atoms with Crippen LogP contribution in [0.1, 0.15) is 37.4 Å². The van der Waals surface area contributed by atoms with Crippen LogP contribution in [-0.4, -0.2) is 43.9 Å². The van der Waals surface area contributed by atoms with Crippen LogP contribution in [0.2, 0.25) is 5.02 Å². The quantitative estimate of drug-likeness (QED) is 0.419. The average molecular weight is 514 g/mol. The fourth-order valence-corrected chi connectivity index (χ4v) is 4.30. The summed E-state index contributed by atoms with van der Waals surface area (Å²) in [5, 5.41) is 15.8. The molecule has 11 heteroatoms. The Hall–Kier alpha value is -3.63. The van der Waals surface area contributed by atoms with Crippen molar-refractivity contribution in [3.05, 3.63) is 79.6 Å². The van der Waals surface area contributed by atoms with Gasteiger partial charge in [-0.25, -0.2) is 14.2 Å². The smallest absolute Gasteiger partial charge is 0.355 e. The molecule has 2 aromatic carbocycles. The van der Waals surface area contributed by atoms with Gasteiger partial charge in [-0.2, -0.15) is 4.98 Å². The number of nitrogens with zero attached hydrogens (tertiary/aromatic N) is 3. The van der Waals surface area contributed by atoms with Crippen molar-refractivity contribution in [3.8, 4) is 5.75 Å². The SMILES string of the molecule is Cc1cc(Nc2nc(=O)n([C@@H]3CN[C@H](C(=O)O)C3)c(=O)n2Cc2ccc(Cl)cc2)ccc1OC(C)C. The fraction of sp³-hybridized carbons (Fsp3) is 0.360. The minimum atomic E-state index is -1.03. The number of ether oxygens (including phenoxy) is 1. The molecule has 1 aromatic heterocycles. The molecule has 1 saturated heterocycles. The molecule has 2 atom stereocenters. The first-order chi connectivity index (χ1) is 17.1. The van der Waals surface area contributed by atoms with E-state index in [1.807, 2.05) is 32.9 Å². The van der Waals surface area contributed by atoms with E-state index in [0.717, 1.165) is 21.4 Å². The Labute approximate surface area is 212 Å². The molecule has 3 N–H and O–H groups in total. The predicted molar refractivity (Wildman–Crippen MR) is 137 cm³/mol. The molecule has 0 bridgehead atoms. The number of rotatable bonds is 8. The van der Waals surface area contributed by atoms with Crippen LogP contribution in [0, 0.1) is 6.92 Å². The lowest BCUT2D eigenvalue weighted by atomic mass is 10.2. The van der Waals surface area contributed by atoms with E-state index in [2.05, 4.69) is 15.6 Å². The summed E-state index contributed by atoms with van der Waals surface area (Å²) in [6.45, 7) is 6.09. The third-order valence-electron chi connectivity index (χ3n) is 5.92. The summed E-state index contributed by atoms with van der Waals surface area (Å²) in [6, 6.07) is 11.0. The van der Waals surface area contributed by atoms with Crippen LogP contribution in [-0.2, 0) is 11.3 Å². The number of benzene rings is 2. The number of hydrogen-bond acceptors (Lipinski definition) is 7. The molecular weight excluding hydrogens is 486 g/mol. The van der Waals surface area contributed by atoms with Crippen molar-refractivity contribution in [2.24, 2.45) is 0 Å². The van der Waals surface area contributed by atoms with E-state index in [-0.39, 0.29) is 31.6 Å². The Morgan fingerprint density at radius 2 is 1.97 bits per heavy atom. The zero-order valence-electron chi connectivity index (χ0n) is 20.2. The van der Waals surface area contributed by atoms with Crippen LogP contribution in [0.25, 0.3) is 0 Å². The van der Waals surface area contributed by atoms with Gasteiger partial charge in [-0.3, -0.25) is 9.36 Å². The van der Waals surface area contributed by atoms with Crippen molar-refractivity contribution >= 4 is 29.2 Å². The summed E-state index contributed by atoms with van der Waals surface area (Å²) in [6.07, 6.45) is 0.128. The molecule has 0 aliphatic carbocycles. The zero-order valence-corrected chi connectivity index (χ0v) is 21.0. The molecule has 0 amide bonds. The number of aromatic nitrogens is 3. The summed E-state index contributed by atoms with van der Waals surface area (Å²) in [5.74, 6) is -0.216. The Kier molecular flexibility index (Phi) is 7.46. The van der Waals surface area contributed by atoms with Gasteiger partial charge in [0, 0.05) is 17.3 Å². The second-order valence-electron chi connectivity index (χ2n) is 9.04. The van der Waals surface area contributed by atoms with Crippen molar-refractivity contribution < 1.29 is 14.6 Å². The van der Waals surface area contributed by atoms with Crippen LogP contribution in [0.5, 0.6) is 5.75 Å². The Bertz CT molecular complexity index is 1380. The second-order valence-corrected chi connectivity index (χ2v) is 9.48. The molecule has 2 heterocycles. The molecule has 0 spiro atoms. The van der Waals surface area contributed by atoms with Crippen molar-refractivity contribution in [1.29, 1.82) is 0 Å². The first-order valence-electron chi connectivity index (χ1n) is 11.6. The van der Waals surface area contributed by atoms with Crippen LogP contribution in [0.4, 0.5) is 11.6 Å². The highest BCUT2D eigenvalue weighted by Crippen LogP contribution is 2.25. The largest absolute Gasteiger partial charge is 0.491 e. The minimum absolute atomic E-state index is 0.0205. The van der Waals surface area contributed by atoms with Gasteiger partial charge in [0.2, 0.25) is 5.95 Å². The van der Waals surface area contributed by atoms with Gasteiger partial charge < -0.3 is 20.5 Å². The third-order valence-corrected chi connectivity index (χ3v) is 6.17. The molecule has 0 saturated carbocycles. The summed E-state index contributed by atoms with van der Waals surface area (Å²) in [4.78, 5) is 42.2. The van der Waals surface area contributed by atoms with Gasteiger partial charge in [-0.05, 0) is 68.7 Å². The number of aryl methyl sites for hydroxylation is 1. The molecule has 0 radical (unpaired) electrons. The number of anilines is 2. The van der Waals surface area contributed by atoms with Gasteiger partial charge >= 0.3 is 17.3 Å². The van der Waals surface area contributed by atoms with E-state index in [9.17, 15) is 19.5 Å². The van der Waals surface area contributed by atoms with Gasteiger partial charge in [0.15, 0.2) is 0 Å². The van der Waals surface area contributed by atoms with Gasteiger partial charge in [0.05, 0.1) is 18.7 Å². The monoisotopic (exact) mass is 513 g/mol. The highest BCUT2D eigenvalue weighted by Gasteiger charge is 2.33. The Morgan fingerprint density at radius 3 is 2.58 bits per heavy atom. The number of carboxylic acids is 1. The number of aliphatic carboxylic acids is 1. The van der Waals surface area contributed by atoms with E-state index >= 15 is 0 Å². The lowest BCUT2D eigenvalue weighted by Crippen LogP contribution is -2.45. The fourth-order valence-electron chi connectivity index (χ4n) is 4.17. The van der Waals surface area contributed by atoms with E-state index in [1.165, 1.54) is 4.57 Å². The van der Waals surface area contributed by atoms with Gasteiger partial charge in [0.1, 0.15) is 11.8 Å². The Balaban J connectivity index is 1.74. The van der Waals surface area contributed by atoms with E-state index < -0.39 is 29.4 Å². The van der Waals surface area contributed by atoms with Crippen molar-refractivity contribution in [1.82, 2.24) is 19.4 Å². The maximum atomic E-state index is 13.6. The second kappa shape index (κ2) is 10.5. The van der Waals surface area contributed by atoms with Crippen LogP contribution in [0.3, 0.4) is 0 Å². The van der Waals surface area contributed by atoms with Crippen molar-refractivity contribution in [2.75, 3.05) is 11.9 Å². The molecule has 4 rings (SSSR count). The molecule has 1 fully saturated rings. The van der Waals surface area contributed by atoms with E-state index in [1.54, 1.807) is 30.3 Å². The number of carbonyl (C=O) groups is 1. The van der Waals surface area contributed by atoms with E-state index in [0.29, 0.717) is 10.7 Å². The van der Waals surface area contributed by atoms with Crippen LogP contribution >= 0.6 is 11.6 Å². The third kappa shape index (κ3) is 5.60. The van der Waals surface area contributed by atoms with Gasteiger partial charge in [-0.15, -0.1) is 0 Å². The number of hydrogen-bond donors (Lipinski definition) is 3. The Morgan fingerprint density at radius 1 is 1.25 bits per heavy atom. The number of carboxylic acid groups (broad SMARTS) is 1. The zero-order chi connectivity index (χ0) is 26.0. The molecule has 0 unspecified atom stereocenters. The normalized spacial score (nSPS) is 17.4. The molecule has 3 aromatic rings. The molecule has 1 aliphatic heterocycles. The summed E-state index contributed by atoms with van der Waals surface area (Å²) < 4.78 is 8.19. The maximum Gasteiger partial charge on any atom is 0.355 e. The van der Waals surface area contributed by atoms with E-state index in [4.69, 9.17) is 16.3 Å². The molecule has 36 heavy (non-hydrogen) atoms. The van der Waals surface area contributed by atoms with Crippen LogP contribution in [0.15, 0.2) is 52.1 Å². The molecule has 10 nitrogen and oxygen atoms in total. The molecule has 190 valence electrons. The average Bonchev–Trinajstić information content (AvgIpc) is 3.29. The summed E-state index contributed by atoms with van der Waals surface area (Å²) >= 11 is 6.01. The van der Waals surface area contributed by atoms with Crippen molar-refractivity contribution in [2.45, 2.75) is 51.9 Å². The first-order valence-corrected chi connectivity index (χ1v) is 12.0. The number of halogens is 1. The predicted octanol–water partition coefficient (Wildman–Crippen LogP) is 2.93. The molecular formula is C25H28ClN5O5. The van der Waals surface area contributed by atoms with Gasteiger partial charge in [-0.1, -0.05) is 23.7 Å². The topological polar surface area (TPSA) is 127 Å². The summed E-state index contributed by atoms with van der Waals surface area (Å²) in [5.41, 5.74) is 0.962. The molecule has 1 aliphatic rings. The van der Waals surface area contributed by atoms with Crippen LogP contribution < -0.4 is 26.7 Å². The maximum absolute atomic E-state index is 13.6. The lowest BCUT2D eigenvalue weighted by Gasteiger charge is -2.19. The minimum Gasteiger partial charge on any atom is -0.491 e. The van der Waals surface area contributed by atoms with Gasteiger partial charge in [0.25, 0.3) is 0 Å². The first kappa shape index (κ1) is 25.5. The highest BCUT2D eigenvalue weighted by atomic mass is 35.5. The summed E-state index contributed by atoms with van der Waals surface area (Å²) in [7, 11) is 0. The highest BCUT2D eigenvalue weighted by molar-refractivity contribution is 6.30. The van der Waals surface area contributed by atoms with Crippen molar-refractivity contribution in [3.63, 3.8) is 0 Å².